The molecule has 0 bridgehead atoms. The van der Waals surface area contributed by atoms with Crippen LogP contribution in [0.4, 0.5) is 13.2 Å². The number of halogens is 3. The molecule has 0 radical (unpaired) electrons. The molecule has 4 heteroatoms. The first-order chi connectivity index (χ1) is 8.88. The summed E-state index contributed by atoms with van der Waals surface area (Å²) >= 11 is 0. The summed E-state index contributed by atoms with van der Waals surface area (Å²) in [6, 6.07) is 7.58. The Morgan fingerprint density at radius 3 is 2.21 bits per heavy atom. The monoisotopic (exact) mass is 271 g/mol. The van der Waals surface area contributed by atoms with E-state index in [4.69, 9.17) is 0 Å². The largest absolute Gasteiger partial charge is 0.406 e. The summed E-state index contributed by atoms with van der Waals surface area (Å²) in [5, 5.41) is 2.75. The molecule has 0 aromatic heterocycles. The Kier molecular flexibility index (Phi) is 3.90. The summed E-state index contributed by atoms with van der Waals surface area (Å²) in [6.45, 7) is 3.90. The smallest absolute Gasteiger partial charge is 0.297 e. The first-order valence-electron chi connectivity index (χ1n) is 6.81. The first kappa shape index (κ1) is 14.4. The summed E-state index contributed by atoms with van der Waals surface area (Å²) < 4.78 is 38.6. The second kappa shape index (κ2) is 5.16. The lowest BCUT2D eigenvalue weighted by molar-refractivity contribution is -0.167. The maximum Gasteiger partial charge on any atom is 0.406 e. The van der Waals surface area contributed by atoms with Crippen molar-refractivity contribution >= 4 is 0 Å². The first-order valence-corrected chi connectivity index (χ1v) is 6.81. The Bertz CT molecular complexity index is 418. The summed E-state index contributed by atoms with van der Waals surface area (Å²) in [4.78, 5) is 0. The van der Waals surface area contributed by atoms with E-state index in [1.807, 2.05) is 24.3 Å². The summed E-state index contributed by atoms with van der Waals surface area (Å²) in [6.07, 6.45) is -1.69. The maximum absolute atomic E-state index is 12.9. The molecule has 1 aromatic rings. The molecular formula is C15H20F3N. The molecule has 106 valence electrons. The highest BCUT2D eigenvalue weighted by atomic mass is 19.4. The molecule has 0 heterocycles. The van der Waals surface area contributed by atoms with E-state index in [1.54, 1.807) is 6.92 Å². The highest BCUT2D eigenvalue weighted by molar-refractivity contribution is 5.26. The summed E-state index contributed by atoms with van der Waals surface area (Å²) in [5.41, 5.74) is 0.500. The van der Waals surface area contributed by atoms with Gasteiger partial charge in [-0.1, -0.05) is 37.6 Å². The van der Waals surface area contributed by atoms with Gasteiger partial charge in [0, 0.05) is 6.04 Å². The second-order valence-corrected chi connectivity index (χ2v) is 5.44. The van der Waals surface area contributed by atoms with Crippen LogP contribution in [0.3, 0.4) is 0 Å². The molecule has 0 amide bonds. The third-order valence-electron chi connectivity index (χ3n) is 3.80. The van der Waals surface area contributed by atoms with Gasteiger partial charge in [-0.05, 0) is 37.3 Å². The van der Waals surface area contributed by atoms with Crippen LogP contribution in [0, 0.1) is 0 Å². The SMILES string of the molecule is CCCc1ccc(C(C)NC2(C(F)(F)F)CC2)cc1. The zero-order valence-corrected chi connectivity index (χ0v) is 11.3. The summed E-state index contributed by atoms with van der Waals surface area (Å²) in [7, 11) is 0. The average molecular weight is 271 g/mol. The molecule has 19 heavy (non-hydrogen) atoms. The van der Waals surface area contributed by atoms with Gasteiger partial charge < -0.3 is 0 Å². The fourth-order valence-electron chi connectivity index (χ4n) is 2.39. The lowest BCUT2D eigenvalue weighted by Gasteiger charge is -2.25. The highest BCUT2D eigenvalue weighted by Crippen LogP contribution is 2.50. The molecule has 0 aliphatic heterocycles. The third-order valence-corrected chi connectivity index (χ3v) is 3.80. The van der Waals surface area contributed by atoms with E-state index in [1.165, 1.54) is 5.56 Å². The van der Waals surface area contributed by atoms with Gasteiger partial charge in [0.15, 0.2) is 0 Å². The lowest BCUT2D eigenvalue weighted by atomic mass is 10.0. The molecule has 1 nitrogen and oxygen atoms in total. The van der Waals surface area contributed by atoms with Gasteiger partial charge in [0.05, 0.1) is 0 Å². The molecule has 2 rings (SSSR count). The van der Waals surface area contributed by atoms with Crippen LogP contribution < -0.4 is 5.32 Å². The maximum atomic E-state index is 12.9. The minimum absolute atomic E-state index is 0.189. The minimum Gasteiger partial charge on any atom is -0.297 e. The van der Waals surface area contributed by atoms with Crippen LogP contribution >= 0.6 is 0 Å². The molecule has 1 fully saturated rings. The van der Waals surface area contributed by atoms with E-state index < -0.39 is 11.7 Å². The molecule has 1 atom stereocenters. The Balaban J connectivity index is 2.02. The van der Waals surface area contributed by atoms with Crippen LogP contribution in [0.25, 0.3) is 0 Å². The van der Waals surface area contributed by atoms with Gasteiger partial charge >= 0.3 is 6.18 Å². The van der Waals surface area contributed by atoms with Crippen LogP contribution in [-0.4, -0.2) is 11.7 Å². The van der Waals surface area contributed by atoms with Gasteiger partial charge in [0.1, 0.15) is 5.54 Å². The van der Waals surface area contributed by atoms with Crippen molar-refractivity contribution in [1.29, 1.82) is 0 Å². The van der Waals surface area contributed by atoms with Crippen molar-refractivity contribution in [2.75, 3.05) is 0 Å². The van der Waals surface area contributed by atoms with E-state index in [-0.39, 0.29) is 18.9 Å². The highest BCUT2D eigenvalue weighted by Gasteiger charge is 2.63. The van der Waals surface area contributed by atoms with E-state index in [0.29, 0.717) is 0 Å². The molecular weight excluding hydrogens is 251 g/mol. The fourth-order valence-corrected chi connectivity index (χ4v) is 2.39. The Morgan fingerprint density at radius 1 is 1.21 bits per heavy atom. The average Bonchev–Trinajstić information content (AvgIpc) is 3.10. The molecule has 1 aliphatic carbocycles. The number of hydrogen-bond donors (Lipinski definition) is 1. The Labute approximate surface area is 112 Å². The predicted octanol–water partition coefficient (Wildman–Crippen LogP) is 4.38. The van der Waals surface area contributed by atoms with E-state index in [0.717, 1.165) is 18.4 Å². The van der Waals surface area contributed by atoms with Gasteiger partial charge in [-0.2, -0.15) is 13.2 Å². The van der Waals surface area contributed by atoms with Crippen LogP contribution in [0.1, 0.15) is 50.3 Å². The molecule has 1 aliphatic rings. The molecule has 1 unspecified atom stereocenters. The van der Waals surface area contributed by atoms with Crippen molar-refractivity contribution in [2.24, 2.45) is 0 Å². The number of rotatable bonds is 5. The zero-order chi connectivity index (χ0) is 14.1. The molecule has 1 N–H and O–H groups in total. The zero-order valence-electron chi connectivity index (χ0n) is 11.3. The van der Waals surface area contributed by atoms with Crippen molar-refractivity contribution in [2.45, 2.75) is 57.3 Å². The third kappa shape index (κ3) is 3.11. The molecule has 1 saturated carbocycles. The van der Waals surface area contributed by atoms with Crippen molar-refractivity contribution in [3.63, 3.8) is 0 Å². The quantitative estimate of drug-likeness (QED) is 0.837. The van der Waals surface area contributed by atoms with Gasteiger partial charge in [-0.3, -0.25) is 5.32 Å². The fraction of sp³-hybridized carbons (Fsp3) is 0.600. The van der Waals surface area contributed by atoms with Crippen molar-refractivity contribution in [3.8, 4) is 0 Å². The van der Waals surface area contributed by atoms with Gasteiger partial charge in [0.25, 0.3) is 0 Å². The second-order valence-electron chi connectivity index (χ2n) is 5.44. The number of aryl methyl sites for hydroxylation is 1. The van der Waals surface area contributed by atoms with Gasteiger partial charge in [-0.25, -0.2) is 0 Å². The van der Waals surface area contributed by atoms with E-state index in [9.17, 15) is 13.2 Å². The van der Waals surface area contributed by atoms with E-state index >= 15 is 0 Å². The van der Waals surface area contributed by atoms with Crippen molar-refractivity contribution < 1.29 is 13.2 Å². The Hall–Kier alpha value is -1.03. The van der Waals surface area contributed by atoms with Crippen LogP contribution in [0.5, 0.6) is 0 Å². The number of benzene rings is 1. The lowest BCUT2D eigenvalue weighted by Crippen LogP contribution is -2.45. The molecule has 1 aromatic carbocycles. The van der Waals surface area contributed by atoms with E-state index in [2.05, 4.69) is 12.2 Å². The van der Waals surface area contributed by atoms with Crippen molar-refractivity contribution in [1.82, 2.24) is 5.32 Å². The minimum atomic E-state index is -4.15. The molecule has 0 spiro atoms. The number of hydrogen-bond acceptors (Lipinski definition) is 1. The van der Waals surface area contributed by atoms with Crippen LogP contribution in [0.15, 0.2) is 24.3 Å². The van der Waals surface area contributed by atoms with Gasteiger partial charge in [0.2, 0.25) is 0 Å². The summed E-state index contributed by atoms with van der Waals surface area (Å²) in [5.74, 6) is 0. The van der Waals surface area contributed by atoms with Gasteiger partial charge in [-0.15, -0.1) is 0 Å². The number of alkyl halides is 3. The Morgan fingerprint density at radius 2 is 1.79 bits per heavy atom. The standard InChI is InChI=1S/C15H20F3N/c1-3-4-12-5-7-13(8-6-12)11(2)19-14(9-10-14)15(16,17)18/h5-8,11,19H,3-4,9-10H2,1-2H3. The topological polar surface area (TPSA) is 12.0 Å². The molecule has 0 saturated heterocycles. The normalized spacial score (nSPS) is 19.2. The number of nitrogens with one attached hydrogen (secondary N) is 1. The van der Waals surface area contributed by atoms with Crippen LogP contribution in [0.2, 0.25) is 0 Å². The predicted molar refractivity (Wildman–Crippen MR) is 70.0 cm³/mol. The van der Waals surface area contributed by atoms with Crippen LogP contribution in [-0.2, 0) is 6.42 Å². The van der Waals surface area contributed by atoms with Crippen molar-refractivity contribution in [3.05, 3.63) is 35.4 Å².